The number of nitrogens with zero attached hydrogens (tertiary/aromatic N) is 5. The van der Waals surface area contributed by atoms with Crippen molar-refractivity contribution in [1.29, 1.82) is 0 Å². The van der Waals surface area contributed by atoms with Crippen LogP contribution in [0.2, 0.25) is 0 Å². The second kappa shape index (κ2) is 8.22. The summed E-state index contributed by atoms with van der Waals surface area (Å²) in [4.78, 5) is 19.8. The van der Waals surface area contributed by atoms with Gasteiger partial charge in [-0.05, 0) is 61.6 Å². The molecule has 0 aromatic carbocycles. The highest BCUT2D eigenvalue weighted by Crippen LogP contribution is 2.29. The van der Waals surface area contributed by atoms with Crippen LogP contribution in [0.1, 0.15) is 35.6 Å². The third-order valence-electron chi connectivity index (χ3n) is 5.07. The minimum absolute atomic E-state index is 0.508. The number of likely N-dealkylation sites (tertiary alicyclic amines) is 1. The zero-order valence-corrected chi connectivity index (χ0v) is 15.5. The number of pyridine rings is 2. The van der Waals surface area contributed by atoms with E-state index in [4.69, 9.17) is 0 Å². The van der Waals surface area contributed by atoms with Crippen LogP contribution in [-0.2, 0) is 6.54 Å². The Morgan fingerprint density at radius 2 is 2.00 bits per heavy atom. The lowest BCUT2D eigenvalue weighted by Gasteiger charge is -2.33. The number of hydrogen-bond acceptors (Lipinski definition) is 6. The molecule has 27 heavy (non-hydrogen) atoms. The summed E-state index contributed by atoms with van der Waals surface area (Å²) in [6.07, 6.45) is 11.2. The van der Waals surface area contributed by atoms with E-state index in [1.54, 1.807) is 18.6 Å². The summed E-state index contributed by atoms with van der Waals surface area (Å²) in [6, 6.07) is 8.40. The molecule has 6 heteroatoms. The Morgan fingerprint density at radius 1 is 1.07 bits per heavy atom. The molecule has 0 spiro atoms. The number of aryl methyl sites for hydroxylation is 1. The second-order valence-electron chi connectivity index (χ2n) is 7.03. The molecule has 0 saturated carbocycles. The molecular formula is C21H24N6. The van der Waals surface area contributed by atoms with Gasteiger partial charge in [0.05, 0.1) is 11.9 Å². The number of aromatic nitrogens is 4. The summed E-state index contributed by atoms with van der Waals surface area (Å²) in [7, 11) is 0. The molecule has 0 radical (unpaired) electrons. The van der Waals surface area contributed by atoms with Gasteiger partial charge in [-0.25, -0.2) is 9.97 Å². The van der Waals surface area contributed by atoms with Gasteiger partial charge in [0.1, 0.15) is 11.6 Å². The Bertz CT molecular complexity index is 883. The Balaban J connectivity index is 1.45. The Labute approximate surface area is 159 Å². The fourth-order valence-corrected chi connectivity index (χ4v) is 3.63. The molecule has 138 valence electrons. The zero-order chi connectivity index (χ0) is 18.5. The summed E-state index contributed by atoms with van der Waals surface area (Å²) in [5, 5.41) is 3.23. The van der Waals surface area contributed by atoms with Crippen molar-refractivity contribution >= 4 is 11.6 Å². The van der Waals surface area contributed by atoms with E-state index in [-0.39, 0.29) is 0 Å². The number of hydrogen-bond donors (Lipinski definition) is 1. The van der Waals surface area contributed by atoms with Gasteiger partial charge in [-0.15, -0.1) is 0 Å². The van der Waals surface area contributed by atoms with Crippen LogP contribution in [0.5, 0.6) is 0 Å². The van der Waals surface area contributed by atoms with Crippen LogP contribution in [0.3, 0.4) is 0 Å². The van der Waals surface area contributed by atoms with Gasteiger partial charge in [-0.3, -0.25) is 14.9 Å². The molecule has 0 bridgehead atoms. The molecule has 0 amide bonds. The van der Waals surface area contributed by atoms with Crippen LogP contribution in [0.25, 0.3) is 0 Å². The summed E-state index contributed by atoms with van der Waals surface area (Å²) < 4.78 is 0. The van der Waals surface area contributed by atoms with Gasteiger partial charge in [0, 0.05) is 37.9 Å². The van der Waals surface area contributed by atoms with Crippen molar-refractivity contribution in [2.75, 3.05) is 18.4 Å². The monoisotopic (exact) mass is 360 g/mol. The first-order valence-corrected chi connectivity index (χ1v) is 9.40. The van der Waals surface area contributed by atoms with Crippen molar-refractivity contribution < 1.29 is 0 Å². The highest BCUT2D eigenvalue weighted by Gasteiger charge is 2.22. The number of rotatable bonds is 5. The summed E-state index contributed by atoms with van der Waals surface area (Å²) >= 11 is 0. The molecule has 1 atom stereocenters. The van der Waals surface area contributed by atoms with Crippen LogP contribution in [0.4, 0.5) is 11.6 Å². The van der Waals surface area contributed by atoms with Gasteiger partial charge in [0.15, 0.2) is 0 Å². The predicted molar refractivity (Wildman–Crippen MR) is 106 cm³/mol. The lowest BCUT2D eigenvalue weighted by atomic mass is 9.91. The Morgan fingerprint density at radius 3 is 2.85 bits per heavy atom. The summed E-state index contributed by atoms with van der Waals surface area (Å²) in [6.45, 7) is 5.23. The van der Waals surface area contributed by atoms with Crippen LogP contribution >= 0.6 is 0 Å². The maximum absolute atomic E-state index is 4.56. The van der Waals surface area contributed by atoms with Crippen molar-refractivity contribution in [3.05, 3.63) is 72.1 Å². The molecular weight excluding hydrogens is 336 g/mol. The third kappa shape index (κ3) is 4.46. The first kappa shape index (κ1) is 17.5. The van der Waals surface area contributed by atoms with Crippen molar-refractivity contribution in [2.45, 2.75) is 32.2 Å². The minimum atomic E-state index is 0.508. The second-order valence-corrected chi connectivity index (χ2v) is 7.03. The Kier molecular flexibility index (Phi) is 5.34. The van der Waals surface area contributed by atoms with E-state index >= 15 is 0 Å². The SMILES string of the molecule is Cc1cccnc1CN1CCCC(c2ccnc(Nc3cnccn3)c2)C1. The normalized spacial score (nSPS) is 17.6. The van der Waals surface area contributed by atoms with E-state index in [9.17, 15) is 0 Å². The lowest BCUT2D eigenvalue weighted by Crippen LogP contribution is -2.34. The fraction of sp³-hybridized carbons (Fsp3) is 0.333. The van der Waals surface area contributed by atoms with Crippen molar-refractivity contribution in [2.24, 2.45) is 0 Å². The highest BCUT2D eigenvalue weighted by atomic mass is 15.1. The number of nitrogens with one attached hydrogen (secondary N) is 1. The molecule has 1 aliphatic rings. The largest absolute Gasteiger partial charge is 0.324 e. The van der Waals surface area contributed by atoms with Crippen molar-refractivity contribution in [1.82, 2.24) is 24.8 Å². The molecule has 4 rings (SSSR count). The van der Waals surface area contributed by atoms with E-state index in [0.29, 0.717) is 11.7 Å². The minimum Gasteiger partial charge on any atom is -0.324 e. The van der Waals surface area contributed by atoms with E-state index in [2.05, 4.69) is 55.3 Å². The Hall–Kier alpha value is -2.86. The van der Waals surface area contributed by atoms with Gasteiger partial charge in [0.2, 0.25) is 0 Å². The summed E-state index contributed by atoms with van der Waals surface area (Å²) in [5.41, 5.74) is 3.76. The van der Waals surface area contributed by atoms with Crippen LogP contribution in [0, 0.1) is 6.92 Å². The smallest absolute Gasteiger partial charge is 0.150 e. The maximum atomic E-state index is 4.56. The van der Waals surface area contributed by atoms with Crippen LogP contribution in [0.15, 0.2) is 55.2 Å². The molecule has 0 aliphatic carbocycles. The fourth-order valence-electron chi connectivity index (χ4n) is 3.63. The maximum Gasteiger partial charge on any atom is 0.150 e. The van der Waals surface area contributed by atoms with Gasteiger partial charge >= 0.3 is 0 Å². The van der Waals surface area contributed by atoms with Crippen LogP contribution in [-0.4, -0.2) is 37.9 Å². The average molecular weight is 360 g/mol. The molecule has 3 aromatic heterocycles. The van der Waals surface area contributed by atoms with Gasteiger partial charge < -0.3 is 5.32 Å². The van der Waals surface area contributed by atoms with E-state index < -0.39 is 0 Å². The molecule has 1 N–H and O–H groups in total. The first-order valence-electron chi connectivity index (χ1n) is 9.40. The summed E-state index contributed by atoms with van der Waals surface area (Å²) in [5.74, 6) is 2.02. The van der Waals surface area contributed by atoms with E-state index in [1.807, 2.05) is 18.5 Å². The molecule has 1 unspecified atom stereocenters. The topological polar surface area (TPSA) is 66.8 Å². The quantitative estimate of drug-likeness (QED) is 0.748. The van der Waals surface area contributed by atoms with Crippen molar-refractivity contribution in [3.8, 4) is 0 Å². The third-order valence-corrected chi connectivity index (χ3v) is 5.07. The zero-order valence-electron chi connectivity index (χ0n) is 15.5. The molecule has 1 saturated heterocycles. The molecule has 1 aliphatic heterocycles. The number of anilines is 2. The molecule has 3 aromatic rings. The van der Waals surface area contributed by atoms with E-state index in [1.165, 1.54) is 29.7 Å². The standard InChI is InChI=1S/C21H24N6/c1-16-4-2-7-23-19(16)15-27-11-3-5-18(14-27)17-6-8-24-20(12-17)26-21-13-22-9-10-25-21/h2,4,6-10,12-13,18H,3,5,11,14-15H2,1H3,(H,24,25,26). The van der Waals surface area contributed by atoms with E-state index in [0.717, 1.165) is 25.5 Å². The van der Waals surface area contributed by atoms with Crippen LogP contribution < -0.4 is 5.32 Å². The van der Waals surface area contributed by atoms with Gasteiger partial charge in [-0.1, -0.05) is 6.07 Å². The lowest BCUT2D eigenvalue weighted by molar-refractivity contribution is 0.198. The average Bonchev–Trinajstić information content (AvgIpc) is 2.71. The van der Waals surface area contributed by atoms with Gasteiger partial charge in [-0.2, -0.15) is 0 Å². The number of piperidine rings is 1. The van der Waals surface area contributed by atoms with Crippen molar-refractivity contribution in [3.63, 3.8) is 0 Å². The van der Waals surface area contributed by atoms with Gasteiger partial charge in [0.25, 0.3) is 0 Å². The highest BCUT2D eigenvalue weighted by molar-refractivity contribution is 5.51. The predicted octanol–water partition coefficient (Wildman–Crippen LogP) is 3.70. The molecule has 6 nitrogen and oxygen atoms in total. The first-order chi connectivity index (χ1) is 13.3. The molecule has 4 heterocycles. The molecule has 1 fully saturated rings.